The molecule has 0 saturated carbocycles. The molecule has 2 heterocycles. The number of fused-ring (bicyclic) bond motifs is 1. The number of benzene rings is 1. The molecule has 2 aromatic heterocycles. The Bertz CT molecular complexity index is 684. The van der Waals surface area contributed by atoms with E-state index < -0.39 is 0 Å². The van der Waals surface area contributed by atoms with Crippen LogP contribution < -0.4 is 0 Å². The molecule has 0 fully saturated rings. The van der Waals surface area contributed by atoms with Crippen molar-refractivity contribution >= 4 is 10.9 Å². The SMILES string of the molecule is Cc1ccccc1-c1c(C)c2cnccc2n1C. The van der Waals surface area contributed by atoms with E-state index >= 15 is 0 Å². The average molecular weight is 236 g/mol. The minimum absolute atomic E-state index is 1.23. The molecular formula is C16H16N2. The van der Waals surface area contributed by atoms with Crippen LogP contribution in [-0.4, -0.2) is 9.55 Å². The maximum absolute atomic E-state index is 4.23. The van der Waals surface area contributed by atoms with Gasteiger partial charge in [0, 0.05) is 30.4 Å². The molecule has 0 atom stereocenters. The molecule has 0 aliphatic heterocycles. The first-order valence-corrected chi connectivity index (χ1v) is 6.15. The van der Waals surface area contributed by atoms with Gasteiger partial charge in [0.2, 0.25) is 0 Å². The van der Waals surface area contributed by atoms with Gasteiger partial charge in [-0.15, -0.1) is 0 Å². The van der Waals surface area contributed by atoms with Gasteiger partial charge in [0.15, 0.2) is 0 Å². The molecule has 0 unspecified atom stereocenters. The first kappa shape index (κ1) is 11.0. The predicted octanol–water partition coefficient (Wildman–Crippen LogP) is 3.86. The molecule has 0 spiro atoms. The van der Waals surface area contributed by atoms with Crippen molar-refractivity contribution in [3.63, 3.8) is 0 Å². The van der Waals surface area contributed by atoms with Gasteiger partial charge in [-0.05, 0) is 31.0 Å². The van der Waals surface area contributed by atoms with Gasteiger partial charge in [0.1, 0.15) is 0 Å². The lowest BCUT2D eigenvalue weighted by atomic mass is 10.0. The number of nitrogens with zero attached hydrogens (tertiary/aromatic N) is 2. The Balaban J connectivity index is 2.40. The van der Waals surface area contributed by atoms with Crippen molar-refractivity contribution in [3.05, 3.63) is 53.9 Å². The molecule has 0 bridgehead atoms. The molecule has 0 saturated heterocycles. The van der Waals surface area contributed by atoms with E-state index in [1.54, 1.807) is 0 Å². The molecular weight excluding hydrogens is 220 g/mol. The van der Waals surface area contributed by atoms with Gasteiger partial charge < -0.3 is 4.57 Å². The van der Waals surface area contributed by atoms with E-state index in [0.29, 0.717) is 0 Å². The zero-order valence-electron chi connectivity index (χ0n) is 10.9. The minimum Gasteiger partial charge on any atom is -0.343 e. The Kier molecular flexibility index (Phi) is 2.44. The fourth-order valence-corrected chi connectivity index (χ4v) is 2.69. The quantitative estimate of drug-likeness (QED) is 0.627. The van der Waals surface area contributed by atoms with Gasteiger partial charge in [0.05, 0.1) is 11.2 Å². The van der Waals surface area contributed by atoms with Gasteiger partial charge in [0.25, 0.3) is 0 Å². The number of hydrogen-bond donors (Lipinski definition) is 0. The van der Waals surface area contributed by atoms with Gasteiger partial charge >= 0.3 is 0 Å². The molecule has 0 radical (unpaired) electrons. The lowest BCUT2D eigenvalue weighted by Crippen LogP contribution is -1.94. The fourth-order valence-electron chi connectivity index (χ4n) is 2.69. The van der Waals surface area contributed by atoms with Crippen molar-refractivity contribution in [1.29, 1.82) is 0 Å². The Hall–Kier alpha value is -2.09. The van der Waals surface area contributed by atoms with E-state index in [1.165, 1.54) is 33.3 Å². The van der Waals surface area contributed by atoms with Crippen molar-refractivity contribution in [2.24, 2.45) is 7.05 Å². The first-order valence-electron chi connectivity index (χ1n) is 6.15. The van der Waals surface area contributed by atoms with Gasteiger partial charge in [-0.3, -0.25) is 4.98 Å². The van der Waals surface area contributed by atoms with Crippen molar-refractivity contribution < 1.29 is 0 Å². The summed E-state index contributed by atoms with van der Waals surface area (Å²) in [4.78, 5) is 4.23. The molecule has 2 nitrogen and oxygen atoms in total. The Morgan fingerprint density at radius 3 is 2.56 bits per heavy atom. The lowest BCUT2D eigenvalue weighted by molar-refractivity contribution is 0.971. The zero-order valence-corrected chi connectivity index (χ0v) is 10.9. The number of aryl methyl sites for hydroxylation is 3. The summed E-state index contributed by atoms with van der Waals surface area (Å²) in [5.41, 5.74) is 6.43. The second-order valence-corrected chi connectivity index (χ2v) is 4.74. The summed E-state index contributed by atoms with van der Waals surface area (Å²) in [5.74, 6) is 0. The monoisotopic (exact) mass is 236 g/mol. The minimum atomic E-state index is 1.23. The van der Waals surface area contributed by atoms with Crippen molar-refractivity contribution in [2.75, 3.05) is 0 Å². The Labute approximate surface area is 107 Å². The largest absolute Gasteiger partial charge is 0.343 e. The third-order valence-electron chi connectivity index (χ3n) is 3.65. The maximum atomic E-state index is 4.23. The molecule has 3 aromatic rings. The summed E-state index contributed by atoms with van der Waals surface area (Å²) in [6, 6.07) is 10.6. The molecule has 0 aliphatic carbocycles. The summed E-state index contributed by atoms with van der Waals surface area (Å²) in [6.07, 6.45) is 3.80. The average Bonchev–Trinajstić information content (AvgIpc) is 2.64. The standard InChI is InChI=1S/C16H16N2/c1-11-6-4-5-7-13(11)16-12(2)14-10-17-9-8-15(14)18(16)3/h4-10H,1-3H3. The molecule has 90 valence electrons. The lowest BCUT2D eigenvalue weighted by Gasteiger charge is -2.09. The van der Waals surface area contributed by atoms with Crippen molar-refractivity contribution in [2.45, 2.75) is 13.8 Å². The second-order valence-electron chi connectivity index (χ2n) is 4.74. The third kappa shape index (κ3) is 1.46. The summed E-state index contributed by atoms with van der Waals surface area (Å²) in [7, 11) is 2.12. The molecule has 1 aromatic carbocycles. The predicted molar refractivity (Wildman–Crippen MR) is 75.6 cm³/mol. The van der Waals surface area contributed by atoms with Crippen molar-refractivity contribution in [3.8, 4) is 11.3 Å². The summed E-state index contributed by atoms with van der Waals surface area (Å²) < 4.78 is 2.26. The summed E-state index contributed by atoms with van der Waals surface area (Å²) in [6.45, 7) is 4.33. The molecule has 2 heteroatoms. The topological polar surface area (TPSA) is 17.8 Å². The van der Waals surface area contributed by atoms with Crippen LogP contribution in [0.5, 0.6) is 0 Å². The number of rotatable bonds is 1. The van der Waals surface area contributed by atoms with Crippen LogP contribution in [0, 0.1) is 13.8 Å². The van der Waals surface area contributed by atoms with Gasteiger partial charge in [-0.25, -0.2) is 0 Å². The van der Waals surface area contributed by atoms with Crippen LogP contribution in [0.25, 0.3) is 22.2 Å². The van der Waals surface area contributed by atoms with Crippen LogP contribution in [0.15, 0.2) is 42.7 Å². The Morgan fingerprint density at radius 2 is 1.83 bits per heavy atom. The highest BCUT2D eigenvalue weighted by Crippen LogP contribution is 2.33. The highest BCUT2D eigenvalue weighted by atomic mass is 15.0. The van der Waals surface area contributed by atoms with E-state index in [-0.39, 0.29) is 0 Å². The van der Waals surface area contributed by atoms with Crippen LogP contribution in [0.3, 0.4) is 0 Å². The third-order valence-corrected chi connectivity index (χ3v) is 3.65. The highest BCUT2D eigenvalue weighted by Gasteiger charge is 2.14. The normalized spacial score (nSPS) is 11.1. The number of hydrogen-bond acceptors (Lipinski definition) is 1. The van der Waals surface area contributed by atoms with Gasteiger partial charge in [-0.1, -0.05) is 24.3 Å². The van der Waals surface area contributed by atoms with Crippen molar-refractivity contribution in [1.82, 2.24) is 9.55 Å². The number of pyridine rings is 1. The molecule has 18 heavy (non-hydrogen) atoms. The van der Waals surface area contributed by atoms with E-state index in [9.17, 15) is 0 Å². The number of aromatic nitrogens is 2. The molecule has 3 rings (SSSR count). The van der Waals surface area contributed by atoms with Crippen LogP contribution in [0.4, 0.5) is 0 Å². The molecule has 0 N–H and O–H groups in total. The smallest absolute Gasteiger partial charge is 0.0521 e. The summed E-state index contributed by atoms with van der Waals surface area (Å²) >= 11 is 0. The van der Waals surface area contributed by atoms with Gasteiger partial charge in [-0.2, -0.15) is 0 Å². The van der Waals surface area contributed by atoms with E-state index in [4.69, 9.17) is 0 Å². The summed E-state index contributed by atoms with van der Waals surface area (Å²) in [5, 5.41) is 1.23. The molecule has 0 aliphatic rings. The van der Waals surface area contributed by atoms with E-state index in [1.807, 2.05) is 12.4 Å². The zero-order chi connectivity index (χ0) is 12.7. The van der Waals surface area contributed by atoms with E-state index in [0.717, 1.165) is 0 Å². The first-order chi connectivity index (χ1) is 8.70. The second kappa shape index (κ2) is 3.98. The van der Waals surface area contributed by atoms with Crippen LogP contribution in [0.1, 0.15) is 11.1 Å². The Morgan fingerprint density at radius 1 is 1.06 bits per heavy atom. The fraction of sp³-hybridized carbons (Fsp3) is 0.188. The maximum Gasteiger partial charge on any atom is 0.0521 e. The van der Waals surface area contributed by atoms with Crippen LogP contribution in [0.2, 0.25) is 0 Å². The molecule has 0 amide bonds. The van der Waals surface area contributed by atoms with Crippen LogP contribution in [-0.2, 0) is 7.05 Å². The van der Waals surface area contributed by atoms with E-state index in [2.05, 4.69) is 60.8 Å². The van der Waals surface area contributed by atoms with Crippen LogP contribution >= 0.6 is 0 Å². The highest BCUT2D eigenvalue weighted by molar-refractivity contribution is 5.91.